The van der Waals surface area contributed by atoms with Crippen molar-refractivity contribution in [1.82, 2.24) is 5.01 Å². The van der Waals surface area contributed by atoms with E-state index in [4.69, 9.17) is 18.9 Å². The molecule has 0 N–H and O–H groups in total. The summed E-state index contributed by atoms with van der Waals surface area (Å²) in [7, 11) is 0. The van der Waals surface area contributed by atoms with Crippen LogP contribution in [0.25, 0.3) is 0 Å². The van der Waals surface area contributed by atoms with Gasteiger partial charge in [-0.1, -0.05) is 0 Å². The number of rotatable bonds is 4. The Morgan fingerprint density at radius 1 is 1.15 bits per heavy atom. The van der Waals surface area contributed by atoms with Gasteiger partial charge < -0.3 is 18.9 Å². The maximum atomic E-state index is 11.1. The van der Waals surface area contributed by atoms with E-state index in [-0.39, 0.29) is 12.2 Å². The first-order valence-electron chi connectivity index (χ1n) is 8.84. The molecule has 7 nitrogen and oxygen atoms in total. The van der Waals surface area contributed by atoms with E-state index in [1.54, 1.807) is 12.1 Å². The molecule has 27 heavy (non-hydrogen) atoms. The number of esters is 1. The predicted molar refractivity (Wildman–Crippen MR) is 97.9 cm³/mol. The van der Waals surface area contributed by atoms with Crippen LogP contribution in [0.4, 0.5) is 0 Å². The Morgan fingerprint density at radius 2 is 1.89 bits per heavy atom. The van der Waals surface area contributed by atoms with Gasteiger partial charge in [0.25, 0.3) is 0 Å². The zero-order valence-corrected chi connectivity index (χ0v) is 15.2. The Labute approximate surface area is 157 Å². The van der Waals surface area contributed by atoms with Gasteiger partial charge in [0.1, 0.15) is 19.0 Å². The van der Waals surface area contributed by atoms with Crippen LogP contribution in [0.2, 0.25) is 0 Å². The van der Waals surface area contributed by atoms with Crippen molar-refractivity contribution in [1.29, 1.82) is 0 Å². The second kappa shape index (κ2) is 7.19. The topological polar surface area (TPSA) is 69.6 Å². The number of carbonyl (C=O) groups is 1. The smallest absolute Gasteiger partial charge is 0.308 e. The maximum absolute atomic E-state index is 11.1. The highest BCUT2D eigenvalue weighted by Gasteiger charge is 2.30. The largest absolute Gasteiger partial charge is 0.486 e. The van der Waals surface area contributed by atoms with Gasteiger partial charge in [0.2, 0.25) is 12.1 Å². The van der Waals surface area contributed by atoms with E-state index in [0.29, 0.717) is 37.2 Å². The van der Waals surface area contributed by atoms with E-state index in [0.717, 1.165) is 16.9 Å². The molecule has 0 fully saturated rings. The SMILES string of the molecule is CCN1N=C(c2ccc3c(c2)OCCO3)OC1c1ccc(OC(C)=O)cc1. The van der Waals surface area contributed by atoms with Gasteiger partial charge in [-0.3, -0.25) is 9.80 Å². The van der Waals surface area contributed by atoms with Crippen LogP contribution in [0.3, 0.4) is 0 Å². The molecule has 0 amide bonds. The second-order valence-electron chi connectivity index (χ2n) is 6.15. The summed E-state index contributed by atoms with van der Waals surface area (Å²) in [4.78, 5) is 11.1. The summed E-state index contributed by atoms with van der Waals surface area (Å²) in [5.41, 5.74) is 1.75. The molecule has 2 aliphatic rings. The molecule has 2 aliphatic heterocycles. The first kappa shape index (κ1) is 17.2. The highest BCUT2D eigenvalue weighted by atomic mass is 16.6. The Balaban J connectivity index is 1.55. The minimum absolute atomic E-state index is 0.343. The van der Waals surface area contributed by atoms with Gasteiger partial charge in [0, 0.05) is 24.6 Å². The average molecular weight is 368 g/mol. The molecular formula is C20H20N2O5. The molecular weight excluding hydrogens is 348 g/mol. The lowest BCUT2D eigenvalue weighted by molar-refractivity contribution is -0.131. The van der Waals surface area contributed by atoms with Crippen molar-refractivity contribution in [3.8, 4) is 17.2 Å². The highest BCUT2D eigenvalue weighted by Crippen LogP contribution is 2.35. The van der Waals surface area contributed by atoms with Crippen LogP contribution in [0.15, 0.2) is 47.6 Å². The molecule has 4 rings (SSSR count). The highest BCUT2D eigenvalue weighted by molar-refractivity contribution is 5.95. The van der Waals surface area contributed by atoms with E-state index >= 15 is 0 Å². The van der Waals surface area contributed by atoms with Crippen molar-refractivity contribution in [3.05, 3.63) is 53.6 Å². The summed E-state index contributed by atoms with van der Waals surface area (Å²) in [6.45, 7) is 5.16. The molecule has 0 aliphatic carbocycles. The molecule has 1 atom stereocenters. The first-order chi connectivity index (χ1) is 13.1. The number of hydrazone groups is 1. The third-order valence-corrected chi connectivity index (χ3v) is 4.25. The van der Waals surface area contributed by atoms with Gasteiger partial charge in [0.15, 0.2) is 11.5 Å². The molecule has 7 heteroatoms. The lowest BCUT2D eigenvalue weighted by atomic mass is 10.1. The van der Waals surface area contributed by atoms with Gasteiger partial charge in [-0.2, -0.15) is 0 Å². The van der Waals surface area contributed by atoms with Crippen molar-refractivity contribution >= 4 is 11.9 Å². The maximum Gasteiger partial charge on any atom is 0.308 e. The van der Waals surface area contributed by atoms with Crippen LogP contribution in [-0.2, 0) is 9.53 Å². The molecule has 0 spiro atoms. The van der Waals surface area contributed by atoms with Crippen molar-refractivity contribution in [2.45, 2.75) is 20.1 Å². The number of fused-ring (bicyclic) bond motifs is 1. The Kier molecular flexibility index (Phi) is 4.58. The van der Waals surface area contributed by atoms with E-state index in [1.807, 2.05) is 42.3 Å². The van der Waals surface area contributed by atoms with Crippen molar-refractivity contribution in [3.63, 3.8) is 0 Å². The van der Waals surface area contributed by atoms with Crippen LogP contribution in [0.5, 0.6) is 17.2 Å². The molecule has 2 aromatic rings. The standard InChI is InChI=1S/C20H20N2O5/c1-3-22-20(14-4-7-16(8-5-14)26-13(2)23)27-19(21-22)15-6-9-17-18(12-15)25-11-10-24-17/h4-9,12,20H,3,10-11H2,1-2H3. The summed E-state index contributed by atoms with van der Waals surface area (Å²) in [6, 6.07) is 12.9. The number of nitrogens with zero attached hydrogens (tertiary/aromatic N) is 2. The number of hydrogen-bond donors (Lipinski definition) is 0. The van der Waals surface area contributed by atoms with Crippen molar-refractivity contribution in [2.24, 2.45) is 5.10 Å². The number of carbonyl (C=O) groups excluding carboxylic acids is 1. The van der Waals surface area contributed by atoms with Crippen molar-refractivity contribution in [2.75, 3.05) is 19.8 Å². The van der Waals surface area contributed by atoms with Crippen LogP contribution in [0, 0.1) is 0 Å². The molecule has 1 unspecified atom stereocenters. The molecule has 2 aromatic carbocycles. The van der Waals surface area contributed by atoms with Crippen LogP contribution in [0.1, 0.15) is 31.2 Å². The molecule has 0 saturated heterocycles. The van der Waals surface area contributed by atoms with Gasteiger partial charge in [-0.25, -0.2) is 0 Å². The van der Waals surface area contributed by atoms with E-state index < -0.39 is 0 Å². The fourth-order valence-electron chi connectivity index (χ4n) is 3.00. The minimum Gasteiger partial charge on any atom is -0.486 e. The quantitative estimate of drug-likeness (QED) is 0.610. The van der Waals surface area contributed by atoms with Gasteiger partial charge in [0.05, 0.1) is 0 Å². The van der Waals surface area contributed by atoms with Gasteiger partial charge >= 0.3 is 5.97 Å². The lowest BCUT2D eigenvalue weighted by Gasteiger charge is -2.21. The van der Waals surface area contributed by atoms with Crippen LogP contribution in [-0.4, -0.2) is 36.6 Å². The van der Waals surface area contributed by atoms with Crippen molar-refractivity contribution < 1.29 is 23.7 Å². The molecule has 2 heterocycles. The van der Waals surface area contributed by atoms with E-state index in [1.165, 1.54) is 6.92 Å². The molecule has 0 radical (unpaired) electrons. The van der Waals surface area contributed by atoms with Gasteiger partial charge in [-0.05, 0) is 49.4 Å². The Bertz CT molecular complexity index is 878. The summed E-state index contributed by atoms with van der Waals surface area (Å²) in [5, 5.41) is 6.47. The molecule has 140 valence electrons. The third-order valence-electron chi connectivity index (χ3n) is 4.25. The van der Waals surface area contributed by atoms with E-state index in [9.17, 15) is 4.79 Å². The number of ether oxygens (including phenoxy) is 4. The number of hydrogen-bond acceptors (Lipinski definition) is 7. The van der Waals surface area contributed by atoms with Crippen LogP contribution < -0.4 is 14.2 Å². The molecule has 0 bridgehead atoms. The second-order valence-corrected chi connectivity index (χ2v) is 6.15. The monoisotopic (exact) mass is 368 g/mol. The van der Waals surface area contributed by atoms with Crippen LogP contribution >= 0.6 is 0 Å². The zero-order valence-electron chi connectivity index (χ0n) is 15.2. The third kappa shape index (κ3) is 3.53. The fourth-order valence-corrected chi connectivity index (χ4v) is 3.00. The Hall–Kier alpha value is -3.22. The normalized spacial score (nSPS) is 17.9. The molecule has 0 aromatic heterocycles. The minimum atomic E-state index is -0.348. The summed E-state index contributed by atoms with van der Waals surface area (Å²) in [5.74, 6) is 2.11. The molecule has 0 saturated carbocycles. The fraction of sp³-hybridized carbons (Fsp3) is 0.300. The average Bonchev–Trinajstić information content (AvgIpc) is 3.12. The Morgan fingerprint density at radius 3 is 2.59 bits per heavy atom. The summed E-state index contributed by atoms with van der Waals surface area (Å²) in [6.07, 6.45) is -0.343. The predicted octanol–water partition coefficient (Wildman–Crippen LogP) is 3.10. The first-order valence-corrected chi connectivity index (χ1v) is 8.84. The number of benzene rings is 2. The lowest BCUT2D eigenvalue weighted by Crippen LogP contribution is -2.20. The summed E-state index contributed by atoms with van der Waals surface area (Å²) < 4.78 is 22.4. The van der Waals surface area contributed by atoms with Gasteiger partial charge in [-0.15, -0.1) is 5.10 Å². The van der Waals surface area contributed by atoms with E-state index in [2.05, 4.69) is 5.10 Å². The summed E-state index contributed by atoms with van der Waals surface area (Å²) >= 11 is 0. The zero-order chi connectivity index (χ0) is 18.8.